The number of ketones is 2. The third-order valence-corrected chi connectivity index (χ3v) is 7.44. The molecule has 0 radical (unpaired) electrons. The quantitative estimate of drug-likeness (QED) is 0.197. The van der Waals surface area contributed by atoms with Crippen molar-refractivity contribution in [1.29, 1.82) is 0 Å². The molecule has 6 rings (SSSR count). The number of fused-ring (bicyclic) bond motifs is 2. The summed E-state index contributed by atoms with van der Waals surface area (Å²) in [6, 6.07) is 31.6. The maximum absolute atomic E-state index is 12.6. The molecule has 0 saturated carbocycles. The number of carbonyl (C=O) groups excluding carboxylic acids is 2. The van der Waals surface area contributed by atoms with Crippen LogP contribution >= 0.6 is 0 Å². The Morgan fingerprint density at radius 3 is 1.38 bits per heavy atom. The first kappa shape index (κ1) is 28.7. The van der Waals surface area contributed by atoms with Gasteiger partial charge in [0.2, 0.25) is 11.6 Å². The number of hydrogen-bond acceptors (Lipinski definition) is 6. The van der Waals surface area contributed by atoms with Crippen molar-refractivity contribution in [3.05, 3.63) is 130 Å². The highest BCUT2D eigenvalue weighted by Gasteiger charge is 2.22. The first-order chi connectivity index (χ1) is 20.5. The predicted octanol–water partition coefficient (Wildman–Crippen LogP) is 7.96. The Morgan fingerprint density at radius 1 is 0.524 bits per heavy atom. The number of rotatable bonds is 4. The second kappa shape index (κ2) is 13.7. The Morgan fingerprint density at radius 2 is 0.952 bits per heavy atom. The lowest BCUT2D eigenvalue weighted by Crippen LogP contribution is -2.15. The van der Waals surface area contributed by atoms with Gasteiger partial charge in [-0.3, -0.25) is 20.4 Å². The summed E-state index contributed by atoms with van der Waals surface area (Å²) in [5.74, 6) is 0.0894. The molecule has 6 nitrogen and oxygen atoms in total. The van der Waals surface area contributed by atoms with Crippen LogP contribution in [0.25, 0.3) is 0 Å². The van der Waals surface area contributed by atoms with E-state index in [0.29, 0.717) is 24.3 Å². The molecule has 42 heavy (non-hydrogen) atoms. The molecule has 2 aliphatic rings. The normalized spacial score (nSPS) is 16.4. The largest absolute Gasteiger partial charge is 0.287 e. The van der Waals surface area contributed by atoms with Crippen molar-refractivity contribution in [2.75, 3.05) is 10.9 Å². The fraction of sp³-hybridized carbons (Fsp3) is 0.222. The molecule has 0 amide bonds. The number of carbonyl (C=O) groups is 2. The Bertz CT molecular complexity index is 1530. The molecule has 6 heteroatoms. The third-order valence-electron chi connectivity index (χ3n) is 7.44. The number of nitrogens with zero attached hydrogens (tertiary/aromatic N) is 2. The fourth-order valence-corrected chi connectivity index (χ4v) is 5.26. The molecule has 212 valence electrons. The molecule has 0 saturated heterocycles. The highest BCUT2D eigenvalue weighted by Crippen LogP contribution is 2.21. The molecule has 0 fully saturated rings. The second-order valence-corrected chi connectivity index (χ2v) is 10.8. The van der Waals surface area contributed by atoms with Crippen molar-refractivity contribution < 1.29 is 9.59 Å². The number of nitrogens with one attached hydrogen (secondary N) is 2. The fourth-order valence-electron chi connectivity index (χ4n) is 5.26. The minimum absolute atomic E-state index is 0.0447. The molecule has 0 unspecified atom stereocenters. The Labute approximate surface area is 247 Å². The van der Waals surface area contributed by atoms with E-state index in [0.717, 1.165) is 70.4 Å². The summed E-state index contributed by atoms with van der Waals surface area (Å²) in [7, 11) is 0. The van der Waals surface area contributed by atoms with Crippen LogP contribution in [0.3, 0.4) is 0 Å². The first-order valence-corrected chi connectivity index (χ1v) is 14.5. The molecular formula is C36H36N4O2. The molecule has 0 spiro atoms. The van der Waals surface area contributed by atoms with E-state index in [1.54, 1.807) is 0 Å². The number of aryl methyl sites for hydroxylation is 4. The average Bonchev–Trinajstić information content (AvgIpc) is 3.26. The van der Waals surface area contributed by atoms with Crippen LogP contribution in [0.1, 0.15) is 68.7 Å². The zero-order valence-electron chi connectivity index (χ0n) is 24.2. The van der Waals surface area contributed by atoms with Crippen molar-refractivity contribution in [3.8, 4) is 0 Å². The Balaban J connectivity index is 0.000000168. The lowest BCUT2D eigenvalue weighted by Gasteiger charge is -2.06. The average molecular weight is 557 g/mol. The maximum atomic E-state index is 12.6. The monoisotopic (exact) mass is 556 g/mol. The molecular weight excluding hydrogens is 520 g/mol. The van der Waals surface area contributed by atoms with Crippen LogP contribution in [-0.2, 0) is 12.8 Å². The van der Waals surface area contributed by atoms with E-state index in [-0.39, 0.29) is 11.6 Å². The Hall–Kier alpha value is -4.84. The van der Waals surface area contributed by atoms with Gasteiger partial charge in [-0.05, 0) is 98.9 Å². The van der Waals surface area contributed by atoms with E-state index in [9.17, 15) is 9.59 Å². The summed E-state index contributed by atoms with van der Waals surface area (Å²) in [5.41, 5.74) is 15.2. The summed E-state index contributed by atoms with van der Waals surface area (Å²) < 4.78 is 0. The van der Waals surface area contributed by atoms with Crippen molar-refractivity contribution >= 4 is 34.4 Å². The van der Waals surface area contributed by atoms with Crippen molar-refractivity contribution in [2.45, 2.75) is 52.4 Å². The van der Waals surface area contributed by atoms with E-state index in [2.05, 4.69) is 21.1 Å². The van der Waals surface area contributed by atoms with Crippen LogP contribution in [0, 0.1) is 13.8 Å². The van der Waals surface area contributed by atoms with E-state index in [1.165, 1.54) is 0 Å². The number of Topliss-reactive ketones (excluding diaryl/α,β-unsaturated/α-hetero) is 2. The van der Waals surface area contributed by atoms with Crippen LogP contribution in [0.4, 0.5) is 11.4 Å². The van der Waals surface area contributed by atoms with Crippen LogP contribution in [0.5, 0.6) is 0 Å². The van der Waals surface area contributed by atoms with Gasteiger partial charge in [-0.25, -0.2) is 0 Å². The van der Waals surface area contributed by atoms with Crippen LogP contribution < -0.4 is 10.9 Å². The van der Waals surface area contributed by atoms with Crippen LogP contribution in [0.2, 0.25) is 0 Å². The van der Waals surface area contributed by atoms with E-state index < -0.39 is 0 Å². The molecule has 2 N–H and O–H groups in total. The highest BCUT2D eigenvalue weighted by atomic mass is 16.1. The van der Waals surface area contributed by atoms with Gasteiger partial charge in [0, 0.05) is 11.1 Å². The zero-order chi connectivity index (χ0) is 29.3. The van der Waals surface area contributed by atoms with Crippen molar-refractivity contribution in [1.82, 2.24) is 0 Å². The predicted molar refractivity (Wildman–Crippen MR) is 172 cm³/mol. The van der Waals surface area contributed by atoms with Gasteiger partial charge in [-0.2, -0.15) is 10.2 Å². The lowest BCUT2D eigenvalue weighted by atomic mass is 10.0. The topological polar surface area (TPSA) is 82.9 Å². The van der Waals surface area contributed by atoms with Crippen molar-refractivity contribution in [2.24, 2.45) is 10.2 Å². The van der Waals surface area contributed by atoms with Gasteiger partial charge < -0.3 is 0 Å². The van der Waals surface area contributed by atoms with E-state index in [4.69, 9.17) is 0 Å². The number of benzene rings is 4. The molecule has 2 aliphatic carbocycles. The minimum atomic E-state index is 0.0447. The molecule has 0 bridgehead atoms. The Kier molecular flexibility index (Phi) is 9.34. The van der Waals surface area contributed by atoms with Crippen LogP contribution in [0.15, 0.2) is 107 Å². The van der Waals surface area contributed by atoms with Gasteiger partial charge in [0.15, 0.2) is 0 Å². The van der Waals surface area contributed by atoms with Gasteiger partial charge >= 0.3 is 0 Å². The first-order valence-electron chi connectivity index (χ1n) is 14.5. The van der Waals surface area contributed by atoms with Crippen molar-refractivity contribution in [3.63, 3.8) is 0 Å². The number of anilines is 2. The summed E-state index contributed by atoms with van der Waals surface area (Å²) in [5, 5.41) is 8.70. The molecule has 4 aromatic rings. The standard InChI is InChI=1S/2C18H18N2O/c2*1-13-6-4-9-15(12-13)19-20-17-11-5-8-14-7-2-3-10-16(14)18(17)21/h2*2-4,6-7,9-10,12,19H,5,8,11H2,1H3/b2*20-17-. The van der Waals surface area contributed by atoms with Gasteiger partial charge in [0.1, 0.15) is 11.4 Å². The summed E-state index contributed by atoms with van der Waals surface area (Å²) in [4.78, 5) is 25.1. The van der Waals surface area contributed by atoms with Gasteiger partial charge in [0.25, 0.3) is 0 Å². The highest BCUT2D eigenvalue weighted by molar-refractivity contribution is 6.47. The van der Waals surface area contributed by atoms with Gasteiger partial charge in [-0.1, -0.05) is 72.8 Å². The zero-order valence-corrected chi connectivity index (χ0v) is 24.2. The minimum Gasteiger partial charge on any atom is -0.287 e. The summed E-state index contributed by atoms with van der Waals surface area (Å²) in [6.07, 6.45) is 5.21. The lowest BCUT2D eigenvalue weighted by molar-refractivity contribution is 0.105. The van der Waals surface area contributed by atoms with Gasteiger partial charge in [-0.15, -0.1) is 0 Å². The van der Waals surface area contributed by atoms with Gasteiger partial charge in [0.05, 0.1) is 11.4 Å². The molecule has 0 aliphatic heterocycles. The van der Waals surface area contributed by atoms with Crippen LogP contribution in [-0.4, -0.2) is 23.0 Å². The summed E-state index contributed by atoms with van der Waals surface area (Å²) >= 11 is 0. The van der Waals surface area contributed by atoms with E-state index in [1.807, 2.05) is 111 Å². The second-order valence-electron chi connectivity index (χ2n) is 10.8. The molecule has 0 heterocycles. The van der Waals surface area contributed by atoms with E-state index >= 15 is 0 Å². The SMILES string of the molecule is Cc1cccc(N/N=C2/CCCc3ccccc3C2=O)c1.Cc1cccc(N/N=C2/CCCc3ccccc3C2=O)c1. The number of hydrogen-bond donors (Lipinski definition) is 2. The molecule has 4 aromatic carbocycles. The molecule has 0 aromatic heterocycles. The summed E-state index contributed by atoms with van der Waals surface area (Å²) in [6.45, 7) is 4.07. The molecule has 0 atom stereocenters. The smallest absolute Gasteiger partial charge is 0.209 e. The maximum Gasteiger partial charge on any atom is 0.209 e. The number of hydrazone groups is 2. The third kappa shape index (κ3) is 7.26.